The Balaban J connectivity index is 2.22. The molecular formula is C11H16N2. The van der Waals surface area contributed by atoms with Crippen molar-refractivity contribution < 1.29 is 0 Å². The number of aliphatic imine (C=N–C) groups is 1. The lowest BCUT2D eigenvalue weighted by Crippen LogP contribution is -2.28. The van der Waals surface area contributed by atoms with Crippen LogP contribution in [0.3, 0.4) is 0 Å². The minimum atomic E-state index is 0.213. The largest absolute Gasteiger partial charge is 0.292 e. The van der Waals surface area contributed by atoms with Crippen LogP contribution in [0.2, 0.25) is 0 Å². The molecule has 0 aromatic heterocycles. The molecule has 1 atom stereocenters. The van der Waals surface area contributed by atoms with Crippen LogP contribution in [0.25, 0.3) is 0 Å². The van der Waals surface area contributed by atoms with Gasteiger partial charge in [0.05, 0.1) is 0 Å². The Morgan fingerprint density at radius 1 is 1.38 bits per heavy atom. The second-order valence-corrected chi connectivity index (χ2v) is 3.70. The molecule has 0 aliphatic carbocycles. The molecule has 2 bridgehead atoms. The van der Waals surface area contributed by atoms with Crippen LogP contribution in [0.1, 0.15) is 26.2 Å². The van der Waals surface area contributed by atoms with E-state index in [0.717, 1.165) is 12.3 Å². The van der Waals surface area contributed by atoms with Gasteiger partial charge in [-0.15, -0.1) is 0 Å². The normalized spacial score (nSPS) is 28.2. The van der Waals surface area contributed by atoms with Crippen LogP contribution < -0.4 is 5.32 Å². The molecule has 13 heavy (non-hydrogen) atoms. The molecule has 0 spiro atoms. The molecule has 2 heterocycles. The molecule has 2 heteroatoms. The Morgan fingerprint density at radius 3 is 3.23 bits per heavy atom. The second kappa shape index (κ2) is 3.88. The van der Waals surface area contributed by atoms with E-state index in [0.29, 0.717) is 0 Å². The number of rotatable bonds is 0. The minimum absolute atomic E-state index is 0.213. The molecule has 0 aromatic carbocycles. The molecule has 70 valence electrons. The van der Waals surface area contributed by atoms with Crippen molar-refractivity contribution in [3.8, 4) is 0 Å². The maximum atomic E-state index is 4.54. The van der Waals surface area contributed by atoms with Crippen molar-refractivity contribution in [2.45, 2.75) is 32.4 Å². The van der Waals surface area contributed by atoms with Gasteiger partial charge in [-0.2, -0.15) is 0 Å². The standard InChI is InChI=1S/C11H16N2/c1-9-5-6-10-4-2-3-7-12-11(8-10)13-9/h5-6,8,11-12H,2-4,7H2,1H3. The monoisotopic (exact) mass is 176 g/mol. The highest BCUT2D eigenvalue weighted by atomic mass is 15.1. The number of nitrogens with one attached hydrogen (secondary N) is 1. The van der Waals surface area contributed by atoms with E-state index in [1.54, 1.807) is 0 Å². The van der Waals surface area contributed by atoms with Gasteiger partial charge in [-0.05, 0) is 50.5 Å². The van der Waals surface area contributed by atoms with Crippen molar-refractivity contribution in [3.05, 3.63) is 23.8 Å². The molecule has 1 N–H and O–H groups in total. The Bertz CT molecular complexity index is 274. The van der Waals surface area contributed by atoms with E-state index >= 15 is 0 Å². The van der Waals surface area contributed by atoms with Gasteiger partial charge in [0.25, 0.3) is 0 Å². The lowest BCUT2D eigenvalue weighted by Gasteiger charge is -2.14. The van der Waals surface area contributed by atoms with Gasteiger partial charge >= 0.3 is 0 Å². The van der Waals surface area contributed by atoms with Crippen molar-refractivity contribution >= 4 is 5.71 Å². The minimum Gasteiger partial charge on any atom is -0.292 e. The van der Waals surface area contributed by atoms with Crippen molar-refractivity contribution in [2.24, 2.45) is 4.99 Å². The van der Waals surface area contributed by atoms with Crippen LogP contribution in [0.4, 0.5) is 0 Å². The topological polar surface area (TPSA) is 24.4 Å². The van der Waals surface area contributed by atoms with E-state index in [1.165, 1.54) is 24.8 Å². The molecule has 0 fully saturated rings. The van der Waals surface area contributed by atoms with Gasteiger partial charge in [0, 0.05) is 5.71 Å². The molecule has 0 radical (unpaired) electrons. The van der Waals surface area contributed by atoms with E-state index in [2.05, 4.69) is 35.5 Å². The molecule has 0 saturated heterocycles. The maximum Gasteiger partial charge on any atom is 0.119 e. The predicted molar refractivity (Wildman–Crippen MR) is 56.0 cm³/mol. The Labute approximate surface area is 79.4 Å². The maximum absolute atomic E-state index is 4.54. The first-order valence-electron chi connectivity index (χ1n) is 5.01. The molecule has 1 unspecified atom stereocenters. The summed E-state index contributed by atoms with van der Waals surface area (Å²) in [6, 6.07) is 0. The number of fused-ring (bicyclic) bond motifs is 1. The summed E-state index contributed by atoms with van der Waals surface area (Å²) in [7, 11) is 0. The average molecular weight is 176 g/mol. The van der Waals surface area contributed by atoms with Crippen LogP contribution in [-0.2, 0) is 0 Å². The van der Waals surface area contributed by atoms with Crippen LogP contribution in [0.5, 0.6) is 0 Å². The van der Waals surface area contributed by atoms with Gasteiger partial charge in [0.1, 0.15) is 6.17 Å². The lowest BCUT2D eigenvalue weighted by molar-refractivity contribution is 0.559. The summed E-state index contributed by atoms with van der Waals surface area (Å²) in [6.07, 6.45) is 10.5. The first kappa shape index (κ1) is 8.70. The van der Waals surface area contributed by atoms with E-state index < -0.39 is 0 Å². The Hall–Kier alpha value is -0.890. The summed E-state index contributed by atoms with van der Waals surface area (Å²) in [5.41, 5.74) is 2.54. The van der Waals surface area contributed by atoms with E-state index in [4.69, 9.17) is 0 Å². The SMILES string of the molecule is CC1=NC2C=C(C=C1)CCCCN2. The zero-order chi connectivity index (χ0) is 9.10. The highest BCUT2D eigenvalue weighted by Gasteiger charge is 2.09. The van der Waals surface area contributed by atoms with E-state index in [9.17, 15) is 0 Å². The third-order valence-electron chi connectivity index (χ3n) is 2.50. The van der Waals surface area contributed by atoms with Gasteiger partial charge in [-0.1, -0.05) is 6.08 Å². The fourth-order valence-corrected chi connectivity index (χ4v) is 1.76. The fourth-order valence-electron chi connectivity index (χ4n) is 1.76. The van der Waals surface area contributed by atoms with Crippen LogP contribution in [-0.4, -0.2) is 18.4 Å². The number of nitrogens with zero attached hydrogens (tertiary/aromatic N) is 1. The zero-order valence-corrected chi connectivity index (χ0v) is 8.09. The summed E-state index contributed by atoms with van der Waals surface area (Å²) in [5, 5.41) is 3.42. The highest BCUT2D eigenvalue weighted by Crippen LogP contribution is 2.15. The van der Waals surface area contributed by atoms with E-state index in [1.807, 2.05) is 0 Å². The molecule has 0 aromatic rings. The van der Waals surface area contributed by atoms with E-state index in [-0.39, 0.29) is 6.17 Å². The molecule has 2 rings (SSSR count). The van der Waals surface area contributed by atoms with Crippen molar-refractivity contribution in [1.29, 1.82) is 0 Å². The molecule has 0 saturated carbocycles. The number of hydrogen-bond donors (Lipinski definition) is 1. The molecule has 0 amide bonds. The zero-order valence-electron chi connectivity index (χ0n) is 8.09. The second-order valence-electron chi connectivity index (χ2n) is 3.70. The summed E-state index contributed by atoms with van der Waals surface area (Å²) in [6.45, 7) is 3.14. The van der Waals surface area contributed by atoms with Gasteiger partial charge in [-0.3, -0.25) is 10.3 Å². The fraction of sp³-hybridized carbons (Fsp3) is 0.545. The average Bonchev–Trinajstić information content (AvgIpc) is 2.24. The summed E-state index contributed by atoms with van der Waals surface area (Å²) in [4.78, 5) is 4.54. The molecule has 2 aliphatic rings. The van der Waals surface area contributed by atoms with Crippen molar-refractivity contribution in [2.75, 3.05) is 6.54 Å². The third-order valence-corrected chi connectivity index (χ3v) is 2.50. The quantitative estimate of drug-likeness (QED) is 0.600. The molecular weight excluding hydrogens is 160 g/mol. The van der Waals surface area contributed by atoms with Gasteiger partial charge in [-0.25, -0.2) is 0 Å². The third kappa shape index (κ3) is 2.28. The summed E-state index contributed by atoms with van der Waals surface area (Å²) >= 11 is 0. The number of hydrogen-bond acceptors (Lipinski definition) is 2. The van der Waals surface area contributed by atoms with Gasteiger partial charge < -0.3 is 0 Å². The summed E-state index contributed by atoms with van der Waals surface area (Å²) in [5.74, 6) is 0. The van der Waals surface area contributed by atoms with Crippen molar-refractivity contribution in [1.82, 2.24) is 5.32 Å². The lowest BCUT2D eigenvalue weighted by atomic mass is 10.1. The smallest absolute Gasteiger partial charge is 0.119 e. The highest BCUT2D eigenvalue weighted by molar-refractivity contribution is 5.93. The van der Waals surface area contributed by atoms with Crippen LogP contribution in [0, 0.1) is 0 Å². The van der Waals surface area contributed by atoms with Crippen molar-refractivity contribution in [3.63, 3.8) is 0 Å². The first-order valence-corrected chi connectivity index (χ1v) is 5.01. The van der Waals surface area contributed by atoms with Gasteiger partial charge in [0.15, 0.2) is 0 Å². The van der Waals surface area contributed by atoms with Crippen LogP contribution in [0.15, 0.2) is 28.8 Å². The Morgan fingerprint density at radius 2 is 2.31 bits per heavy atom. The summed E-state index contributed by atoms with van der Waals surface area (Å²) < 4.78 is 0. The Kier molecular flexibility index (Phi) is 2.60. The van der Waals surface area contributed by atoms with Crippen LogP contribution >= 0.6 is 0 Å². The predicted octanol–water partition coefficient (Wildman–Crippen LogP) is 2.04. The molecule has 2 nitrogen and oxygen atoms in total. The van der Waals surface area contributed by atoms with Gasteiger partial charge in [0.2, 0.25) is 0 Å². The number of allylic oxidation sites excluding steroid dienone is 3. The first-order chi connectivity index (χ1) is 6.34. The molecule has 2 aliphatic heterocycles.